The number of nitrogens with one attached hydrogen (secondary N) is 1. The number of benzene rings is 3. The first kappa shape index (κ1) is 27.3. The predicted molar refractivity (Wildman–Crippen MR) is 152 cm³/mol. The second-order valence-corrected chi connectivity index (χ2v) is 9.93. The summed E-state index contributed by atoms with van der Waals surface area (Å²) in [6, 6.07) is 16.6. The Morgan fingerprint density at radius 2 is 1.88 bits per heavy atom. The van der Waals surface area contributed by atoms with Crippen molar-refractivity contribution in [3.05, 3.63) is 66.2 Å². The Bertz CT molecular complexity index is 1600. The minimum absolute atomic E-state index is 0.0681. The van der Waals surface area contributed by atoms with E-state index in [4.69, 9.17) is 23.7 Å². The number of hydrogen-bond donors (Lipinski definition) is 1. The van der Waals surface area contributed by atoms with Gasteiger partial charge in [-0.15, -0.1) is 5.10 Å². The van der Waals surface area contributed by atoms with Gasteiger partial charge in [-0.25, -0.2) is 4.68 Å². The van der Waals surface area contributed by atoms with Gasteiger partial charge in [0.1, 0.15) is 18.1 Å². The zero-order valence-electron chi connectivity index (χ0n) is 23.3. The molecule has 12 heteroatoms. The molecule has 2 amide bonds. The van der Waals surface area contributed by atoms with Gasteiger partial charge in [0.05, 0.1) is 25.8 Å². The quantitative estimate of drug-likeness (QED) is 0.304. The number of anilines is 1. The topological polar surface area (TPSA) is 126 Å². The Morgan fingerprint density at radius 3 is 2.69 bits per heavy atom. The van der Waals surface area contributed by atoms with Crippen molar-refractivity contribution in [2.45, 2.75) is 31.5 Å². The van der Waals surface area contributed by atoms with E-state index in [1.54, 1.807) is 36.4 Å². The fraction of sp³-hybridized carbons (Fsp3) is 0.333. The van der Waals surface area contributed by atoms with Crippen molar-refractivity contribution in [3.63, 3.8) is 0 Å². The van der Waals surface area contributed by atoms with Crippen LogP contribution in [0.25, 0.3) is 11.0 Å². The Morgan fingerprint density at radius 1 is 1.05 bits per heavy atom. The average molecular weight is 574 g/mol. The lowest BCUT2D eigenvalue weighted by Crippen LogP contribution is -2.46. The smallest absolute Gasteiger partial charge is 0.249 e. The first-order valence-electron chi connectivity index (χ1n) is 13.7. The minimum atomic E-state index is -1.09. The molecule has 2 atom stereocenters. The summed E-state index contributed by atoms with van der Waals surface area (Å²) in [7, 11) is 3.05. The van der Waals surface area contributed by atoms with E-state index < -0.39 is 11.9 Å². The zero-order valence-corrected chi connectivity index (χ0v) is 23.3. The number of carbonyl (C=O) groups is 2. The maximum atomic E-state index is 14.3. The molecule has 0 aliphatic carbocycles. The SMILES string of the molecule is COc1ccc([C@@H](C(=O)NC[C@H]2CCCO2)N(C(=O)Cn2nnc3ccccc32)c2ccc3c(c2)OCO3)cc1OC. The molecule has 3 heterocycles. The van der Waals surface area contributed by atoms with Crippen LogP contribution in [0.15, 0.2) is 60.7 Å². The van der Waals surface area contributed by atoms with Crippen LogP contribution in [0, 0.1) is 0 Å². The number of fused-ring (bicyclic) bond motifs is 2. The highest BCUT2D eigenvalue weighted by atomic mass is 16.7. The van der Waals surface area contributed by atoms with Crippen molar-refractivity contribution in [1.82, 2.24) is 20.3 Å². The number of nitrogens with zero attached hydrogens (tertiary/aromatic N) is 4. The van der Waals surface area contributed by atoms with Gasteiger partial charge in [-0.2, -0.15) is 0 Å². The number of rotatable bonds is 10. The van der Waals surface area contributed by atoms with E-state index in [-0.39, 0.29) is 25.3 Å². The molecule has 1 saturated heterocycles. The second-order valence-electron chi connectivity index (χ2n) is 9.93. The molecule has 2 aliphatic rings. The molecule has 2 aliphatic heterocycles. The van der Waals surface area contributed by atoms with Crippen LogP contribution in [0.4, 0.5) is 5.69 Å². The third-order valence-corrected chi connectivity index (χ3v) is 7.37. The van der Waals surface area contributed by atoms with E-state index in [1.165, 1.54) is 23.8 Å². The number of hydrogen-bond acceptors (Lipinski definition) is 9. The van der Waals surface area contributed by atoms with Crippen LogP contribution < -0.4 is 29.2 Å². The molecular weight excluding hydrogens is 542 g/mol. The average Bonchev–Trinajstić information content (AvgIpc) is 3.80. The lowest BCUT2D eigenvalue weighted by molar-refractivity contribution is -0.127. The van der Waals surface area contributed by atoms with Crippen LogP contribution in [-0.2, 0) is 20.9 Å². The summed E-state index contributed by atoms with van der Waals surface area (Å²) in [5.41, 5.74) is 2.32. The van der Waals surface area contributed by atoms with Gasteiger partial charge in [0, 0.05) is 24.9 Å². The Kier molecular flexibility index (Phi) is 7.78. The maximum absolute atomic E-state index is 14.3. The molecule has 0 bridgehead atoms. The molecule has 0 saturated carbocycles. The van der Waals surface area contributed by atoms with Crippen molar-refractivity contribution >= 4 is 28.5 Å². The van der Waals surface area contributed by atoms with Crippen molar-refractivity contribution in [2.75, 3.05) is 39.1 Å². The Hall–Kier alpha value is -4.84. The van der Waals surface area contributed by atoms with Crippen molar-refractivity contribution in [2.24, 2.45) is 0 Å². The maximum Gasteiger partial charge on any atom is 0.249 e. The van der Waals surface area contributed by atoms with Crippen LogP contribution in [0.1, 0.15) is 24.4 Å². The summed E-state index contributed by atoms with van der Waals surface area (Å²) in [6.07, 6.45) is 1.70. The molecular formula is C30H31N5O7. The van der Waals surface area contributed by atoms with Gasteiger partial charge in [0.25, 0.3) is 0 Å². The van der Waals surface area contributed by atoms with E-state index >= 15 is 0 Å². The van der Waals surface area contributed by atoms with E-state index in [1.807, 2.05) is 24.3 Å². The highest BCUT2D eigenvalue weighted by molar-refractivity contribution is 6.02. The molecule has 0 spiro atoms. The predicted octanol–water partition coefficient (Wildman–Crippen LogP) is 3.25. The fourth-order valence-corrected chi connectivity index (χ4v) is 5.27. The molecule has 1 aromatic heterocycles. The number of para-hydroxylation sites is 1. The molecule has 0 radical (unpaired) electrons. The molecule has 3 aromatic carbocycles. The zero-order chi connectivity index (χ0) is 29.1. The first-order chi connectivity index (χ1) is 20.6. The molecule has 0 unspecified atom stereocenters. The van der Waals surface area contributed by atoms with Crippen molar-refractivity contribution in [3.8, 4) is 23.0 Å². The number of ether oxygens (including phenoxy) is 5. The molecule has 6 rings (SSSR count). The van der Waals surface area contributed by atoms with E-state index in [0.717, 1.165) is 12.8 Å². The standard InChI is InChI=1S/C30H31N5O7/c1-38-24-11-9-19(14-26(24)39-2)29(30(37)31-16-21-6-5-13-40-21)35(20-10-12-25-27(15-20)42-18-41-25)28(36)17-34-23-8-4-3-7-22(23)32-33-34/h3-4,7-12,14-15,21,29H,5-6,13,16-18H2,1-2H3,(H,31,37)/t21-,29+/m1/s1. The summed E-state index contributed by atoms with van der Waals surface area (Å²) in [5, 5.41) is 11.4. The van der Waals surface area contributed by atoms with Crippen LogP contribution >= 0.6 is 0 Å². The molecule has 12 nitrogen and oxygen atoms in total. The van der Waals surface area contributed by atoms with Crippen LogP contribution in [-0.4, -0.2) is 67.1 Å². The number of methoxy groups -OCH3 is 2. The number of amides is 2. The fourth-order valence-electron chi connectivity index (χ4n) is 5.27. The summed E-state index contributed by atoms with van der Waals surface area (Å²) in [5.74, 6) is 1.17. The van der Waals surface area contributed by atoms with E-state index in [2.05, 4.69) is 15.6 Å². The third kappa shape index (κ3) is 5.40. The third-order valence-electron chi connectivity index (χ3n) is 7.37. The highest BCUT2D eigenvalue weighted by Gasteiger charge is 2.35. The number of carbonyl (C=O) groups excluding carboxylic acids is 2. The molecule has 1 N–H and O–H groups in total. The summed E-state index contributed by atoms with van der Waals surface area (Å²) in [4.78, 5) is 29.9. The summed E-state index contributed by atoms with van der Waals surface area (Å²) < 4.78 is 29.3. The number of aromatic nitrogens is 3. The van der Waals surface area contributed by atoms with Gasteiger partial charge in [-0.3, -0.25) is 14.5 Å². The molecule has 1 fully saturated rings. The summed E-state index contributed by atoms with van der Waals surface area (Å²) in [6.45, 7) is 0.878. The van der Waals surface area contributed by atoms with Gasteiger partial charge in [0.15, 0.2) is 23.0 Å². The van der Waals surface area contributed by atoms with E-state index in [0.29, 0.717) is 58.4 Å². The largest absolute Gasteiger partial charge is 0.493 e. The van der Waals surface area contributed by atoms with Crippen LogP contribution in [0.5, 0.6) is 23.0 Å². The highest BCUT2D eigenvalue weighted by Crippen LogP contribution is 2.39. The normalized spacial score (nSPS) is 16.3. The van der Waals surface area contributed by atoms with Gasteiger partial charge in [-0.1, -0.05) is 23.4 Å². The molecule has 42 heavy (non-hydrogen) atoms. The van der Waals surface area contributed by atoms with Crippen molar-refractivity contribution in [1.29, 1.82) is 0 Å². The van der Waals surface area contributed by atoms with Crippen LogP contribution in [0.3, 0.4) is 0 Å². The van der Waals surface area contributed by atoms with Crippen molar-refractivity contribution < 1.29 is 33.3 Å². The van der Waals surface area contributed by atoms with Gasteiger partial charge < -0.3 is 29.0 Å². The Balaban J connectivity index is 1.43. The summed E-state index contributed by atoms with van der Waals surface area (Å²) >= 11 is 0. The van der Waals surface area contributed by atoms with E-state index in [9.17, 15) is 9.59 Å². The second kappa shape index (κ2) is 12.0. The van der Waals surface area contributed by atoms with Gasteiger partial charge >= 0.3 is 0 Å². The monoisotopic (exact) mass is 573 g/mol. The lowest BCUT2D eigenvalue weighted by atomic mass is 10.0. The minimum Gasteiger partial charge on any atom is -0.493 e. The first-order valence-corrected chi connectivity index (χ1v) is 13.7. The van der Waals surface area contributed by atoms with Gasteiger partial charge in [0.2, 0.25) is 18.6 Å². The van der Waals surface area contributed by atoms with Crippen LogP contribution in [0.2, 0.25) is 0 Å². The Labute approximate surface area is 242 Å². The van der Waals surface area contributed by atoms with Gasteiger partial charge in [-0.05, 0) is 54.8 Å². The molecule has 4 aromatic rings. The molecule has 218 valence electrons. The lowest BCUT2D eigenvalue weighted by Gasteiger charge is -2.32.